The van der Waals surface area contributed by atoms with Crippen LogP contribution in [0.25, 0.3) is 0 Å². The Labute approximate surface area is 134 Å². The van der Waals surface area contributed by atoms with Gasteiger partial charge in [0.1, 0.15) is 5.82 Å². The van der Waals surface area contributed by atoms with Crippen LogP contribution in [0.5, 0.6) is 0 Å². The summed E-state index contributed by atoms with van der Waals surface area (Å²) in [7, 11) is 0. The maximum absolute atomic E-state index is 8.98. The molecule has 7 nitrogen and oxygen atoms in total. The third-order valence-electron chi connectivity index (χ3n) is 4.36. The van der Waals surface area contributed by atoms with Crippen LogP contribution >= 0.6 is 0 Å². The van der Waals surface area contributed by atoms with E-state index in [9.17, 15) is 0 Å². The first kappa shape index (κ1) is 14.2. The fourth-order valence-corrected chi connectivity index (χ4v) is 2.83. The number of nitrogens with zero attached hydrogens (tertiary/aromatic N) is 6. The zero-order valence-electron chi connectivity index (χ0n) is 12.9. The molecule has 0 radical (unpaired) electrons. The van der Waals surface area contributed by atoms with Gasteiger partial charge in [-0.15, -0.1) is 0 Å². The van der Waals surface area contributed by atoms with Gasteiger partial charge in [-0.3, -0.25) is 4.90 Å². The van der Waals surface area contributed by atoms with Crippen molar-refractivity contribution in [1.82, 2.24) is 20.0 Å². The Balaban J connectivity index is 1.34. The molecule has 23 heavy (non-hydrogen) atoms. The standard InChI is InChI=1S/C16H18N6O/c17-10-12-3-4-18-14(9-12)22-7-5-21(6-8-22)11-15-19-16(20-23-15)13-1-2-13/h3-4,9,13H,1-2,5-8,11H2. The molecular formula is C16H18N6O. The van der Waals surface area contributed by atoms with Crippen molar-refractivity contribution >= 4 is 5.82 Å². The second kappa shape index (κ2) is 5.97. The molecule has 1 aliphatic carbocycles. The highest BCUT2D eigenvalue weighted by molar-refractivity contribution is 5.45. The highest BCUT2D eigenvalue weighted by Gasteiger charge is 2.29. The van der Waals surface area contributed by atoms with Gasteiger partial charge in [0.15, 0.2) is 5.82 Å². The second-order valence-electron chi connectivity index (χ2n) is 6.10. The van der Waals surface area contributed by atoms with Crippen LogP contribution in [0.2, 0.25) is 0 Å². The molecule has 2 aromatic rings. The summed E-state index contributed by atoms with van der Waals surface area (Å²) >= 11 is 0. The minimum Gasteiger partial charge on any atom is -0.354 e. The van der Waals surface area contributed by atoms with Crippen molar-refractivity contribution in [2.24, 2.45) is 0 Å². The van der Waals surface area contributed by atoms with Crippen LogP contribution in [0.1, 0.15) is 36.0 Å². The molecule has 1 saturated heterocycles. The third kappa shape index (κ3) is 3.17. The predicted molar refractivity (Wildman–Crippen MR) is 82.7 cm³/mol. The normalized spacial score (nSPS) is 18.8. The van der Waals surface area contributed by atoms with Gasteiger partial charge in [0.2, 0.25) is 5.89 Å². The molecule has 0 aromatic carbocycles. The first-order valence-corrected chi connectivity index (χ1v) is 7.98. The van der Waals surface area contributed by atoms with Crippen LogP contribution in [0, 0.1) is 11.3 Å². The van der Waals surface area contributed by atoms with Crippen LogP contribution < -0.4 is 4.90 Å². The number of aromatic nitrogens is 3. The van der Waals surface area contributed by atoms with Crippen LogP contribution in [0.4, 0.5) is 5.82 Å². The van der Waals surface area contributed by atoms with E-state index in [4.69, 9.17) is 9.78 Å². The highest BCUT2D eigenvalue weighted by Crippen LogP contribution is 2.38. The molecule has 1 aliphatic heterocycles. The monoisotopic (exact) mass is 310 g/mol. The number of rotatable bonds is 4. The van der Waals surface area contributed by atoms with Gasteiger partial charge in [-0.25, -0.2) is 4.98 Å². The lowest BCUT2D eigenvalue weighted by Crippen LogP contribution is -2.46. The molecule has 0 atom stereocenters. The topological polar surface area (TPSA) is 82.1 Å². The second-order valence-corrected chi connectivity index (χ2v) is 6.10. The summed E-state index contributed by atoms with van der Waals surface area (Å²) < 4.78 is 5.35. The molecular weight excluding hydrogens is 292 g/mol. The average Bonchev–Trinajstić information content (AvgIpc) is 3.35. The summed E-state index contributed by atoms with van der Waals surface area (Å²) in [6.07, 6.45) is 4.07. The Hall–Kier alpha value is -2.46. The van der Waals surface area contributed by atoms with Gasteiger partial charge in [-0.2, -0.15) is 10.2 Å². The Morgan fingerprint density at radius 3 is 2.83 bits per heavy atom. The molecule has 2 aliphatic rings. The lowest BCUT2D eigenvalue weighted by Gasteiger charge is -2.34. The van der Waals surface area contributed by atoms with E-state index in [1.807, 2.05) is 6.07 Å². The van der Waals surface area contributed by atoms with E-state index in [1.165, 1.54) is 12.8 Å². The third-order valence-corrected chi connectivity index (χ3v) is 4.36. The lowest BCUT2D eigenvalue weighted by molar-refractivity contribution is 0.215. The molecule has 7 heteroatoms. The zero-order chi connectivity index (χ0) is 15.6. The minimum absolute atomic E-state index is 0.530. The van der Waals surface area contributed by atoms with Crippen molar-refractivity contribution in [2.45, 2.75) is 25.3 Å². The molecule has 0 unspecified atom stereocenters. The average molecular weight is 310 g/mol. The van der Waals surface area contributed by atoms with Crippen molar-refractivity contribution in [3.8, 4) is 6.07 Å². The quantitative estimate of drug-likeness (QED) is 0.847. The van der Waals surface area contributed by atoms with Gasteiger partial charge in [0, 0.05) is 38.3 Å². The maximum Gasteiger partial charge on any atom is 0.240 e. The van der Waals surface area contributed by atoms with Gasteiger partial charge in [-0.05, 0) is 25.0 Å². The van der Waals surface area contributed by atoms with E-state index >= 15 is 0 Å². The van der Waals surface area contributed by atoms with Crippen LogP contribution in [0.3, 0.4) is 0 Å². The molecule has 2 fully saturated rings. The number of hydrogen-bond donors (Lipinski definition) is 0. The summed E-state index contributed by atoms with van der Waals surface area (Å²) in [5, 5.41) is 13.0. The van der Waals surface area contributed by atoms with E-state index in [2.05, 4.69) is 31.0 Å². The molecule has 0 amide bonds. The van der Waals surface area contributed by atoms with E-state index in [1.54, 1.807) is 12.3 Å². The van der Waals surface area contributed by atoms with Gasteiger partial charge >= 0.3 is 0 Å². The van der Waals surface area contributed by atoms with Crippen molar-refractivity contribution in [3.63, 3.8) is 0 Å². The number of nitriles is 1. The SMILES string of the molecule is N#Cc1ccnc(N2CCN(Cc3nc(C4CC4)no3)CC2)c1. The summed E-state index contributed by atoms with van der Waals surface area (Å²) in [5.41, 5.74) is 0.649. The van der Waals surface area contributed by atoms with Crippen LogP contribution in [0.15, 0.2) is 22.9 Å². The van der Waals surface area contributed by atoms with Crippen molar-refractivity contribution in [1.29, 1.82) is 5.26 Å². The fourth-order valence-electron chi connectivity index (χ4n) is 2.83. The van der Waals surface area contributed by atoms with Crippen LogP contribution in [-0.4, -0.2) is 46.2 Å². The predicted octanol–water partition coefficient (Wildman–Crippen LogP) is 1.54. The number of hydrogen-bond acceptors (Lipinski definition) is 7. The largest absolute Gasteiger partial charge is 0.354 e. The summed E-state index contributed by atoms with van der Waals surface area (Å²) in [4.78, 5) is 13.4. The molecule has 118 valence electrons. The molecule has 0 bridgehead atoms. The molecule has 0 spiro atoms. The van der Waals surface area contributed by atoms with Gasteiger partial charge in [-0.1, -0.05) is 5.16 Å². The van der Waals surface area contributed by atoms with E-state index in [-0.39, 0.29) is 0 Å². The van der Waals surface area contributed by atoms with E-state index < -0.39 is 0 Å². The van der Waals surface area contributed by atoms with Crippen molar-refractivity contribution < 1.29 is 4.52 Å². The van der Waals surface area contributed by atoms with Gasteiger partial charge in [0.25, 0.3) is 0 Å². The molecule has 0 N–H and O–H groups in total. The first-order valence-electron chi connectivity index (χ1n) is 7.98. The van der Waals surface area contributed by atoms with Gasteiger partial charge in [0.05, 0.1) is 18.2 Å². The molecule has 2 aromatic heterocycles. The zero-order valence-corrected chi connectivity index (χ0v) is 12.9. The van der Waals surface area contributed by atoms with Gasteiger partial charge < -0.3 is 9.42 Å². The Morgan fingerprint density at radius 1 is 1.26 bits per heavy atom. The summed E-state index contributed by atoms with van der Waals surface area (Å²) in [6.45, 7) is 4.30. The number of piperazine rings is 1. The molecule has 3 heterocycles. The Bertz CT molecular complexity index is 724. The fraction of sp³-hybridized carbons (Fsp3) is 0.500. The first-order chi connectivity index (χ1) is 11.3. The smallest absolute Gasteiger partial charge is 0.240 e. The Morgan fingerprint density at radius 2 is 2.09 bits per heavy atom. The summed E-state index contributed by atoms with van der Waals surface area (Å²) in [6, 6.07) is 5.73. The van der Waals surface area contributed by atoms with Crippen molar-refractivity contribution in [2.75, 3.05) is 31.1 Å². The summed E-state index contributed by atoms with van der Waals surface area (Å²) in [5.74, 6) is 2.99. The molecule has 1 saturated carbocycles. The van der Waals surface area contributed by atoms with Crippen molar-refractivity contribution in [3.05, 3.63) is 35.6 Å². The number of pyridine rings is 1. The van der Waals surface area contributed by atoms with Crippen LogP contribution in [-0.2, 0) is 6.54 Å². The molecule has 4 rings (SSSR count). The maximum atomic E-state index is 8.98. The van der Waals surface area contributed by atoms with E-state index in [0.717, 1.165) is 37.8 Å². The Kier molecular flexibility index (Phi) is 3.67. The van der Waals surface area contributed by atoms with E-state index in [0.29, 0.717) is 23.9 Å². The number of anilines is 1. The highest BCUT2D eigenvalue weighted by atomic mass is 16.5. The lowest BCUT2D eigenvalue weighted by atomic mass is 10.2. The minimum atomic E-state index is 0.530.